The standard InChI is InChI=1S/C26H19F6N5O2/c1-15-6-3-4-7-20(15)39-23-19(13-35-22(36-23)21-33-8-5-9-34-21)24(38)37(2)14-16-10-17(25(27,28)29)12-18(11-16)26(30,31)32/h3-13H,14H2,1-2H3. The van der Waals surface area contributed by atoms with Crippen LogP contribution >= 0.6 is 0 Å². The third-order valence-corrected chi connectivity index (χ3v) is 5.46. The number of carbonyl (C=O) groups is 1. The van der Waals surface area contributed by atoms with Gasteiger partial charge >= 0.3 is 12.4 Å². The van der Waals surface area contributed by atoms with E-state index in [0.29, 0.717) is 23.4 Å². The first-order valence-corrected chi connectivity index (χ1v) is 11.2. The van der Waals surface area contributed by atoms with Crippen molar-refractivity contribution in [3.63, 3.8) is 0 Å². The Morgan fingerprint density at radius 1 is 0.872 bits per heavy atom. The molecule has 0 unspecified atom stereocenters. The van der Waals surface area contributed by atoms with Gasteiger partial charge in [0.15, 0.2) is 5.82 Å². The van der Waals surface area contributed by atoms with Gasteiger partial charge in [0, 0.05) is 32.2 Å². The van der Waals surface area contributed by atoms with Gasteiger partial charge in [0.1, 0.15) is 11.3 Å². The molecule has 2 aromatic carbocycles. The Balaban J connectivity index is 1.71. The van der Waals surface area contributed by atoms with E-state index in [9.17, 15) is 31.1 Å². The van der Waals surface area contributed by atoms with Gasteiger partial charge in [0.25, 0.3) is 5.91 Å². The monoisotopic (exact) mass is 547 g/mol. The Morgan fingerprint density at radius 3 is 2.08 bits per heavy atom. The molecule has 0 N–H and O–H groups in total. The highest BCUT2D eigenvalue weighted by molar-refractivity contribution is 5.96. The van der Waals surface area contributed by atoms with E-state index in [1.165, 1.54) is 19.4 Å². The molecule has 0 atom stereocenters. The molecule has 0 aliphatic rings. The molecule has 0 spiro atoms. The quantitative estimate of drug-likeness (QED) is 0.262. The number of hydrogen-bond acceptors (Lipinski definition) is 6. The van der Waals surface area contributed by atoms with E-state index in [1.807, 2.05) is 0 Å². The van der Waals surface area contributed by atoms with Crippen LogP contribution in [0.1, 0.15) is 32.6 Å². The number of para-hydroxylation sites is 1. The summed E-state index contributed by atoms with van der Waals surface area (Å²) in [6, 6.07) is 9.61. The van der Waals surface area contributed by atoms with E-state index in [-0.39, 0.29) is 34.7 Å². The third kappa shape index (κ3) is 6.48. The number of halogens is 6. The van der Waals surface area contributed by atoms with Crippen molar-refractivity contribution in [2.75, 3.05) is 7.05 Å². The van der Waals surface area contributed by atoms with Crippen LogP contribution in [0.5, 0.6) is 11.6 Å². The third-order valence-electron chi connectivity index (χ3n) is 5.46. The summed E-state index contributed by atoms with van der Waals surface area (Å²) in [6.07, 6.45) is -5.97. The maximum atomic E-state index is 13.3. The number of hydrogen-bond donors (Lipinski definition) is 0. The fraction of sp³-hybridized carbons (Fsp3) is 0.192. The van der Waals surface area contributed by atoms with Crippen LogP contribution in [0.4, 0.5) is 26.3 Å². The highest BCUT2D eigenvalue weighted by Crippen LogP contribution is 2.37. The zero-order valence-corrected chi connectivity index (χ0v) is 20.4. The SMILES string of the molecule is Cc1ccccc1Oc1nc(-c2ncccn2)ncc1C(=O)N(C)Cc1cc(C(F)(F)F)cc(C(F)(F)F)c1. The summed E-state index contributed by atoms with van der Waals surface area (Å²) in [6.45, 7) is 1.19. The van der Waals surface area contributed by atoms with Crippen LogP contribution in [0, 0.1) is 6.92 Å². The molecule has 39 heavy (non-hydrogen) atoms. The zero-order chi connectivity index (χ0) is 28.4. The van der Waals surface area contributed by atoms with Crippen molar-refractivity contribution < 1.29 is 35.9 Å². The van der Waals surface area contributed by atoms with Crippen LogP contribution in [-0.4, -0.2) is 37.8 Å². The molecule has 202 valence electrons. The summed E-state index contributed by atoms with van der Waals surface area (Å²) in [5.41, 5.74) is -2.79. The lowest BCUT2D eigenvalue weighted by atomic mass is 10.0. The number of ether oxygens (including phenoxy) is 1. The van der Waals surface area contributed by atoms with E-state index in [1.54, 1.807) is 37.3 Å². The average molecular weight is 547 g/mol. The number of rotatable bonds is 6. The van der Waals surface area contributed by atoms with Crippen molar-refractivity contribution >= 4 is 5.91 Å². The Labute approximate surface area is 218 Å². The Kier molecular flexibility index (Phi) is 7.52. The molecular formula is C26H19F6N5O2. The van der Waals surface area contributed by atoms with Crippen LogP contribution < -0.4 is 4.74 Å². The second-order valence-electron chi connectivity index (χ2n) is 8.43. The fourth-order valence-corrected chi connectivity index (χ4v) is 3.55. The maximum absolute atomic E-state index is 13.3. The molecule has 2 aromatic heterocycles. The second kappa shape index (κ2) is 10.7. The van der Waals surface area contributed by atoms with Crippen molar-refractivity contribution in [3.8, 4) is 23.3 Å². The number of amides is 1. The molecule has 0 bridgehead atoms. The molecular weight excluding hydrogens is 528 g/mol. The maximum Gasteiger partial charge on any atom is 0.416 e. The van der Waals surface area contributed by atoms with Gasteiger partial charge in [-0.15, -0.1) is 0 Å². The predicted octanol–water partition coefficient (Wildman–Crippen LogP) is 6.34. The van der Waals surface area contributed by atoms with Crippen LogP contribution in [0.3, 0.4) is 0 Å². The molecule has 4 aromatic rings. The number of aryl methyl sites for hydroxylation is 1. The smallest absolute Gasteiger partial charge is 0.416 e. The number of carbonyl (C=O) groups excluding carboxylic acids is 1. The molecule has 0 saturated carbocycles. The molecule has 2 heterocycles. The summed E-state index contributed by atoms with van der Waals surface area (Å²) >= 11 is 0. The normalized spacial score (nSPS) is 11.8. The molecule has 0 radical (unpaired) electrons. The molecule has 0 aliphatic heterocycles. The molecule has 4 rings (SSSR count). The highest BCUT2D eigenvalue weighted by Gasteiger charge is 2.37. The lowest BCUT2D eigenvalue weighted by Crippen LogP contribution is -2.27. The molecule has 0 saturated heterocycles. The van der Waals surface area contributed by atoms with Crippen LogP contribution in [0.15, 0.2) is 67.1 Å². The van der Waals surface area contributed by atoms with Gasteiger partial charge in [0.2, 0.25) is 11.7 Å². The Hall–Kier alpha value is -4.55. The zero-order valence-electron chi connectivity index (χ0n) is 20.4. The van der Waals surface area contributed by atoms with Crippen molar-refractivity contribution in [2.45, 2.75) is 25.8 Å². The number of benzene rings is 2. The Bertz CT molecular complexity index is 1460. The topological polar surface area (TPSA) is 81.1 Å². The van der Waals surface area contributed by atoms with E-state index in [2.05, 4.69) is 19.9 Å². The summed E-state index contributed by atoms with van der Waals surface area (Å²) in [7, 11) is 1.22. The average Bonchev–Trinajstić information content (AvgIpc) is 2.89. The summed E-state index contributed by atoms with van der Waals surface area (Å²) in [5.74, 6) is -0.460. The van der Waals surface area contributed by atoms with Crippen LogP contribution in [0.2, 0.25) is 0 Å². The van der Waals surface area contributed by atoms with Gasteiger partial charge in [-0.3, -0.25) is 4.79 Å². The minimum atomic E-state index is -5.02. The van der Waals surface area contributed by atoms with Crippen LogP contribution in [0.25, 0.3) is 11.6 Å². The largest absolute Gasteiger partial charge is 0.438 e. The van der Waals surface area contributed by atoms with Crippen LogP contribution in [-0.2, 0) is 18.9 Å². The Morgan fingerprint density at radius 2 is 1.49 bits per heavy atom. The summed E-state index contributed by atoms with van der Waals surface area (Å²) < 4.78 is 85.6. The minimum Gasteiger partial charge on any atom is -0.438 e. The molecule has 1 amide bonds. The van der Waals surface area contributed by atoms with Gasteiger partial charge in [-0.25, -0.2) is 15.0 Å². The van der Waals surface area contributed by atoms with E-state index < -0.39 is 35.9 Å². The van der Waals surface area contributed by atoms with Gasteiger partial charge in [-0.1, -0.05) is 18.2 Å². The first-order chi connectivity index (χ1) is 18.3. The molecule has 7 nitrogen and oxygen atoms in total. The molecule has 13 heteroatoms. The second-order valence-corrected chi connectivity index (χ2v) is 8.43. The van der Waals surface area contributed by atoms with Crippen molar-refractivity contribution in [1.82, 2.24) is 24.8 Å². The molecule has 0 aliphatic carbocycles. The number of alkyl halides is 6. The number of nitrogens with zero attached hydrogens (tertiary/aromatic N) is 5. The highest BCUT2D eigenvalue weighted by atomic mass is 19.4. The first-order valence-electron chi connectivity index (χ1n) is 11.2. The van der Waals surface area contributed by atoms with E-state index >= 15 is 0 Å². The van der Waals surface area contributed by atoms with E-state index in [0.717, 1.165) is 11.1 Å². The lowest BCUT2D eigenvalue weighted by Gasteiger charge is -2.21. The lowest BCUT2D eigenvalue weighted by molar-refractivity contribution is -0.143. The molecule has 0 fully saturated rings. The fourth-order valence-electron chi connectivity index (χ4n) is 3.55. The van der Waals surface area contributed by atoms with Crippen molar-refractivity contribution in [1.29, 1.82) is 0 Å². The summed E-state index contributed by atoms with van der Waals surface area (Å²) in [4.78, 5) is 30.8. The first kappa shape index (κ1) is 27.5. The number of aromatic nitrogens is 4. The minimum absolute atomic E-state index is 0.0255. The van der Waals surface area contributed by atoms with Crippen molar-refractivity contribution in [2.24, 2.45) is 0 Å². The predicted molar refractivity (Wildman–Crippen MR) is 127 cm³/mol. The summed E-state index contributed by atoms with van der Waals surface area (Å²) in [5, 5.41) is 0. The van der Waals surface area contributed by atoms with Gasteiger partial charge in [-0.2, -0.15) is 31.3 Å². The van der Waals surface area contributed by atoms with Gasteiger partial charge in [-0.05, 0) is 48.4 Å². The van der Waals surface area contributed by atoms with Gasteiger partial charge in [0.05, 0.1) is 11.1 Å². The van der Waals surface area contributed by atoms with Gasteiger partial charge < -0.3 is 9.64 Å². The van der Waals surface area contributed by atoms with Crippen molar-refractivity contribution in [3.05, 3.63) is 94.9 Å². The van der Waals surface area contributed by atoms with E-state index in [4.69, 9.17) is 4.74 Å².